The van der Waals surface area contributed by atoms with Crippen LogP contribution in [-0.2, 0) is 50.2 Å². The van der Waals surface area contributed by atoms with Crippen molar-refractivity contribution in [2.45, 2.75) is 97.9 Å². The fourth-order valence-corrected chi connectivity index (χ4v) is 8.00. The molecular formula is C44H58N10O4Si. The molecule has 0 saturated carbocycles. The molecule has 2 aromatic carbocycles. The van der Waals surface area contributed by atoms with E-state index in [9.17, 15) is 14.7 Å². The second kappa shape index (κ2) is 19.8. The van der Waals surface area contributed by atoms with Gasteiger partial charge in [-0.1, -0.05) is 94.2 Å². The number of nitrogens with two attached hydrogens (primary N) is 1. The zero-order valence-electron chi connectivity index (χ0n) is 34.9. The van der Waals surface area contributed by atoms with Gasteiger partial charge in [0.2, 0.25) is 0 Å². The highest BCUT2D eigenvalue weighted by Crippen LogP contribution is 2.29. The second-order valence-electron chi connectivity index (χ2n) is 17.0. The lowest BCUT2D eigenvalue weighted by Crippen LogP contribution is -2.22. The maximum Gasteiger partial charge on any atom is 0.356 e. The summed E-state index contributed by atoms with van der Waals surface area (Å²) >= 11 is 0. The number of H-pyrrole nitrogens is 1. The molecule has 2 aliphatic rings. The Balaban J connectivity index is 0.000000156. The Bertz CT molecular complexity index is 2270. The van der Waals surface area contributed by atoms with Gasteiger partial charge in [-0.15, -0.1) is 0 Å². The maximum absolute atomic E-state index is 12.6. The van der Waals surface area contributed by atoms with Crippen molar-refractivity contribution in [3.05, 3.63) is 130 Å². The van der Waals surface area contributed by atoms with Crippen molar-refractivity contribution < 1.29 is 19.4 Å². The number of fused-ring (bicyclic) bond motifs is 2. The predicted octanol–water partition coefficient (Wildman–Crippen LogP) is 7.56. The summed E-state index contributed by atoms with van der Waals surface area (Å²) in [7, 11) is -1.09. The molecule has 4 aromatic heterocycles. The lowest BCUT2D eigenvalue weighted by molar-refractivity contribution is 0.0668. The van der Waals surface area contributed by atoms with Gasteiger partial charge in [-0.2, -0.15) is 20.4 Å². The third kappa shape index (κ3) is 12.3. The van der Waals surface area contributed by atoms with E-state index in [2.05, 4.69) is 88.6 Å². The molecule has 15 heteroatoms. The van der Waals surface area contributed by atoms with Crippen molar-refractivity contribution in [1.29, 1.82) is 0 Å². The molecule has 0 aliphatic heterocycles. The number of aromatic amines is 1. The summed E-state index contributed by atoms with van der Waals surface area (Å²) in [6.45, 7) is 13.9. The molecule has 0 radical (unpaired) electrons. The standard InChI is InChI=1S/C19H21N5O.C15H26N2O3Si.C10H11N3/c1-13-7-8-17-16(9-13)18(23-22-17)19(25)21-15-10-20-24(12-15)11-14-5-3-2-4-6-14;1-11-5-6-13-12(9-11)14(15(18)19)16-17(13)10-20-7-8-21(2,3)4;11-10-6-12-13(8-10)7-9-4-2-1-3-5-9/h2-6,10,12-13H,7-9,11H2,1H3,(H,21,25)(H,22,23);11H,5-10H2,1-4H3,(H,18,19);1-6,8H,7,11H2. The molecule has 4 heterocycles. The van der Waals surface area contributed by atoms with Crippen molar-refractivity contribution in [3.8, 4) is 0 Å². The number of rotatable bonds is 12. The first-order valence-electron chi connectivity index (χ1n) is 20.5. The average Bonchev–Trinajstić information content (AvgIpc) is 4.01. The van der Waals surface area contributed by atoms with Gasteiger partial charge >= 0.3 is 5.97 Å². The minimum absolute atomic E-state index is 0.175. The molecule has 0 saturated heterocycles. The molecule has 14 nitrogen and oxygen atoms in total. The zero-order valence-corrected chi connectivity index (χ0v) is 35.9. The number of hydrogen-bond donors (Lipinski definition) is 4. The van der Waals surface area contributed by atoms with Crippen LogP contribution in [0.25, 0.3) is 0 Å². The van der Waals surface area contributed by atoms with Gasteiger partial charge in [0.05, 0.1) is 36.9 Å². The number of nitrogen functional groups attached to an aromatic ring is 1. The molecule has 1 amide bonds. The largest absolute Gasteiger partial charge is 0.476 e. The highest BCUT2D eigenvalue weighted by atomic mass is 28.3. The summed E-state index contributed by atoms with van der Waals surface area (Å²) in [6.07, 6.45) is 12.8. The lowest BCUT2D eigenvalue weighted by Gasteiger charge is -2.20. The Kier molecular flexibility index (Phi) is 14.3. The number of hydrogen-bond acceptors (Lipinski definition) is 8. The Morgan fingerprint density at radius 1 is 0.864 bits per heavy atom. The molecule has 312 valence electrons. The Morgan fingerprint density at radius 3 is 2.08 bits per heavy atom. The number of carbonyl (C=O) groups is 2. The number of anilines is 2. The van der Waals surface area contributed by atoms with Crippen LogP contribution in [0.4, 0.5) is 11.4 Å². The number of benzene rings is 2. The number of aromatic carboxylic acids is 1. The molecule has 5 N–H and O–H groups in total. The normalized spacial score (nSPS) is 15.8. The highest BCUT2D eigenvalue weighted by molar-refractivity contribution is 6.76. The van der Waals surface area contributed by atoms with Crippen LogP contribution >= 0.6 is 0 Å². The van der Waals surface area contributed by atoms with E-state index in [1.165, 1.54) is 11.1 Å². The summed E-state index contributed by atoms with van der Waals surface area (Å²) in [5, 5.41) is 32.2. The van der Waals surface area contributed by atoms with Gasteiger partial charge in [0.25, 0.3) is 5.91 Å². The summed E-state index contributed by atoms with van der Waals surface area (Å²) in [5.41, 5.74) is 14.2. The molecule has 0 spiro atoms. The Morgan fingerprint density at radius 2 is 1.47 bits per heavy atom. The first kappa shape index (κ1) is 42.8. The van der Waals surface area contributed by atoms with Crippen LogP contribution in [0.5, 0.6) is 0 Å². The van der Waals surface area contributed by atoms with E-state index >= 15 is 0 Å². The van der Waals surface area contributed by atoms with Gasteiger partial charge in [0.1, 0.15) is 6.73 Å². The fraction of sp³-hybridized carbons (Fsp3) is 0.409. The van der Waals surface area contributed by atoms with Crippen LogP contribution in [0.15, 0.2) is 85.5 Å². The van der Waals surface area contributed by atoms with Crippen molar-refractivity contribution >= 4 is 31.3 Å². The molecule has 2 aliphatic carbocycles. The predicted molar refractivity (Wildman–Crippen MR) is 232 cm³/mol. The smallest absolute Gasteiger partial charge is 0.356 e. The van der Waals surface area contributed by atoms with Gasteiger partial charge in [0.15, 0.2) is 11.4 Å². The van der Waals surface area contributed by atoms with Crippen LogP contribution in [0.1, 0.15) is 81.3 Å². The fourth-order valence-electron chi connectivity index (χ4n) is 7.24. The SMILES string of the molecule is CC1CCc2[nH]nc(C(=O)Nc3cnn(Cc4ccccc4)c3)c2C1.CC1CCc2c(c(C(=O)O)nn2COCC[Si](C)(C)C)C1.Nc1cnn(Cc2ccccc2)c1. The highest BCUT2D eigenvalue weighted by Gasteiger charge is 2.28. The monoisotopic (exact) mass is 818 g/mol. The van der Waals surface area contributed by atoms with Gasteiger partial charge in [-0.05, 0) is 67.5 Å². The molecule has 59 heavy (non-hydrogen) atoms. The lowest BCUT2D eigenvalue weighted by atomic mass is 9.87. The molecule has 2 atom stereocenters. The number of amides is 1. The third-order valence-corrected chi connectivity index (χ3v) is 12.2. The molecule has 8 rings (SSSR count). The van der Waals surface area contributed by atoms with E-state index in [0.29, 0.717) is 42.2 Å². The van der Waals surface area contributed by atoms with E-state index in [4.69, 9.17) is 10.5 Å². The second-order valence-corrected chi connectivity index (χ2v) is 22.6. The van der Waals surface area contributed by atoms with Crippen LogP contribution < -0.4 is 11.1 Å². The number of ether oxygens (including phenoxy) is 1. The Hall–Kier alpha value is -5.80. The number of aryl methyl sites for hydroxylation is 1. The molecule has 6 aromatic rings. The molecule has 0 bridgehead atoms. The van der Waals surface area contributed by atoms with Gasteiger partial charge in [-0.3, -0.25) is 19.3 Å². The molecular weight excluding hydrogens is 761 g/mol. The van der Waals surface area contributed by atoms with Crippen molar-refractivity contribution in [2.24, 2.45) is 11.8 Å². The number of carboxylic acid groups (broad SMARTS) is 1. The average molecular weight is 819 g/mol. The summed E-state index contributed by atoms with van der Waals surface area (Å²) in [4.78, 5) is 23.9. The van der Waals surface area contributed by atoms with E-state index < -0.39 is 14.0 Å². The van der Waals surface area contributed by atoms with Gasteiger partial charge < -0.3 is 20.9 Å². The van der Waals surface area contributed by atoms with Crippen LogP contribution in [-0.4, -0.2) is 71.2 Å². The molecule has 0 fully saturated rings. The minimum Gasteiger partial charge on any atom is -0.476 e. The minimum atomic E-state index is -1.09. The number of carboxylic acids is 1. The van der Waals surface area contributed by atoms with Crippen LogP contribution in [0.3, 0.4) is 0 Å². The van der Waals surface area contributed by atoms with Gasteiger partial charge in [-0.25, -0.2) is 9.48 Å². The van der Waals surface area contributed by atoms with E-state index in [1.807, 2.05) is 58.2 Å². The van der Waals surface area contributed by atoms with Gasteiger partial charge in [0, 0.05) is 49.6 Å². The quantitative estimate of drug-likeness (QED) is 0.0715. The number of carbonyl (C=O) groups excluding carboxylic acids is 1. The van der Waals surface area contributed by atoms with Crippen molar-refractivity contribution in [3.63, 3.8) is 0 Å². The van der Waals surface area contributed by atoms with Crippen LogP contribution in [0, 0.1) is 11.8 Å². The summed E-state index contributed by atoms with van der Waals surface area (Å²) in [5.74, 6) is 0.0124. The summed E-state index contributed by atoms with van der Waals surface area (Å²) < 4.78 is 11.1. The zero-order chi connectivity index (χ0) is 41.9. The Labute approximate surface area is 347 Å². The van der Waals surface area contributed by atoms with E-state index in [0.717, 1.165) is 80.2 Å². The first-order chi connectivity index (χ1) is 28.3. The molecule has 2 unspecified atom stereocenters. The van der Waals surface area contributed by atoms with Crippen molar-refractivity contribution in [1.82, 2.24) is 39.5 Å². The summed E-state index contributed by atoms with van der Waals surface area (Å²) in [6, 6.07) is 21.4. The number of nitrogens with one attached hydrogen (secondary N) is 2. The maximum atomic E-state index is 12.6. The third-order valence-electron chi connectivity index (χ3n) is 10.5. The van der Waals surface area contributed by atoms with Crippen molar-refractivity contribution in [2.75, 3.05) is 17.7 Å². The van der Waals surface area contributed by atoms with E-state index in [1.54, 1.807) is 17.1 Å². The van der Waals surface area contributed by atoms with Crippen LogP contribution in [0.2, 0.25) is 25.7 Å². The van der Waals surface area contributed by atoms with E-state index in [-0.39, 0.29) is 11.6 Å². The number of nitrogens with zero attached hydrogens (tertiary/aromatic N) is 7. The first-order valence-corrected chi connectivity index (χ1v) is 24.2. The topological polar surface area (TPSA) is 184 Å². The number of aromatic nitrogens is 8.